The minimum absolute atomic E-state index is 0.0203. The van der Waals surface area contributed by atoms with Crippen LogP contribution in [0.4, 0.5) is 0 Å². The number of alkyl halides is 1. The van der Waals surface area contributed by atoms with Crippen LogP contribution in [0.5, 0.6) is 0 Å². The van der Waals surface area contributed by atoms with E-state index in [2.05, 4.69) is 28.1 Å². The zero-order valence-electron chi connectivity index (χ0n) is 14.4. The standard InChI is InChI=1S/C22H19BrN2O/c1-24-21(17-12-6-3-7-13-17)20(16-10-4-2-5-11-16)22(26)25(24)19-15-9-8-14-18(19)23/h2-15,18-19H,1H3. The van der Waals surface area contributed by atoms with Crippen molar-refractivity contribution in [1.82, 2.24) is 9.36 Å². The number of allylic oxidation sites excluding steroid dienone is 4. The molecule has 1 aliphatic rings. The molecular weight excluding hydrogens is 388 g/mol. The van der Waals surface area contributed by atoms with E-state index in [-0.39, 0.29) is 16.4 Å². The summed E-state index contributed by atoms with van der Waals surface area (Å²) in [6.45, 7) is 0. The summed E-state index contributed by atoms with van der Waals surface area (Å²) in [5.41, 5.74) is 3.66. The van der Waals surface area contributed by atoms with Gasteiger partial charge in [-0.25, -0.2) is 4.68 Å². The Morgan fingerprint density at radius 3 is 2.04 bits per heavy atom. The van der Waals surface area contributed by atoms with Gasteiger partial charge in [-0.1, -0.05) is 101 Å². The van der Waals surface area contributed by atoms with Gasteiger partial charge < -0.3 is 0 Å². The number of halogens is 1. The summed E-state index contributed by atoms with van der Waals surface area (Å²) in [5, 5.41) is 0. The van der Waals surface area contributed by atoms with Crippen LogP contribution in [0.15, 0.2) is 89.8 Å². The third-order valence-electron chi connectivity index (χ3n) is 4.74. The average molecular weight is 407 g/mol. The molecule has 0 aliphatic heterocycles. The number of aromatic nitrogens is 2. The third-order valence-corrected chi connectivity index (χ3v) is 5.59. The molecule has 0 spiro atoms. The SMILES string of the molecule is Cn1c(-c2ccccc2)c(-c2ccccc2)c(=O)n1C1C=CC=CC1Br. The van der Waals surface area contributed by atoms with Crippen LogP contribution in [0.1, 0.15) is 6.04 Å². The smallest absolute Gasteiger partial charge is 0.275 e. The van der Waals surface area contributed by atoms with Crippen LogP contribution < -0.4 is 5.56 Å². The van der Waals surface area contributed by atoms with Crippen molar-refractivity contribution in [3.05, 3.63) is 95.3 Å². The predicted octanol–water partition coefficient (Wildman–Crippen LogP) is 4.95. The molecule has 0 saturated heterocycles. The van der Waals surface area contributed by atoms with Crippen molar-refractivity contribution in [3.8, 4) is 22.4 Å². The van der Waals surface area contributed by atoms with E-state index in [1.807, 2.05) is 89.2 Å². The van der Waals surface area contributed by atoms with Gasteiger partial charge in [0.05, 0.1) is 22.1 Å². The first-order valence-corrected chi connectivity index (χ1v) is 9.51. The lowest BCUT2D eigenvalue weighted by Crippen LogP contribution is -2.31. The van der Waals surface area contributed by atoms with Crippen LogP contribution >= 0.6 is 15.9 Å². The highest BCUT2D eigenvalue weighted by atomic mass is 79.9. The monoisotopic (exact) mass is 406 g/mol. The van der Waals surface area contributed by atoms with Crippen molar-refractivity contribution < 1.29 is 0 Å². The van der Waals surface area contributed by atoms with Gasteiger partial charge >= 0.3 is 0 Å². The summed E-state index contributed by atoms with van der Waals surface area (Å²) in [6.07, 6.45) is 8.12. The molecule has 0 radical (unpaired) electrons. The number of nitrogens with zero attached hydrogens (tertiary/aromatic N) is 2. The van der Waals surface area contributed by atoms with Crippen molar-refractivity contribution in [1.29, 1.82) is 0 Å². The molecule has 1 aromatic heterocycles. The Morgan fingerprint density at radius 2 is 1.42 bits per heavy atom. The molecule has 2 atom stereocenters. The second-order valence-corrected chi connectivity index (χ2v) is 7.39. The molecule has 3 nitrogen and oxygen atoms in total. The lowest BCUT2D eigenvalue weighted by molar-refractivity contribution is 0.457. The maximum Gasteiger partial charge on any atom is 0.275 e. The Kier molecular flexibility index (Phi) is 4.51. The summed E-state index contributed by atoms with van der Waals surface area (Å²) in [7, 11) is 1.96. The lowest BCUT2D eigenvalue weighted by atomic mass is 10.0. The highest BCUT2D eigenvalue weighted by Gasteiger charge is 2.27. The largest absolute Gasteiger partial charge is 0.284 e. The van der Waals surface area contributed by atoms with Crippen molar-refractivity contribution in [2.45, 2.75) is 10.9 Å². The highest BCUT2D eigenvalue weighted by molar-refractivity contribution is 9.09. The molecule has 0 amide bonds. The Hall–Kier alpha value is -2.59. The highest BCUT2D eigenvalue weighted by Crippen LogP contribution is 2.33. The molecule has 26 heavy (non-hydrogen) atoms. The number of benzene rings is 2. The molecule has 2 aromatic carbocycles. The number of hydrogen-bond acceptors (Lipinski definition) is 1. The molecule has 4 heteroatoms. The van der Waals surface area contributed by atoms with Gasteiger partial charge in [0, 0.05) is 12.6 Å². The molecule has 1 heterocycles. The van der Waals surface area contributed by atoms with Crippen molar-refractivity contribution >= 4 is 15.9 Å². The van der Waals surface area contributed by atoms with Crippen LogP contribution in [-0.2, 0) is 7.05 Å². The zero-order valence-corrected chi connectivity index (χ0v) is 16.0. The fourth-order valence-corrected chi connectivity index (χ4v) is 4.11. The molecule has 1 aliphatic carbocycles. The summed E-state index contributed by atoms with van der Waals surface area (Å²) in [5.74, 6) is 0. The topological polar surface area (TPSA) is 26.9 Å². The first kappa shape index (κ1) is 16.9. The van der Waals surface area contributed by atoms with E-state index in [1.54, 1.807) is 0 Å². The van der Waals surface area contributed by atoms with Crippen LogP contribution in [0.2, 0.25) is 0 Å². The maximum absolute atomic E-state index is 13.5. The third kappa shape index (κ3) is 2.80. The van der Waals surface area contributed by atoms with E-state index in [1.165, 1.54) is 0 Å². The van der Waals surface area contributed by atoms with Gasteiger partial charge in [0.25, 0.3) is 5.56 Å². The average Bonchev–Trinajstić information content (AvgIpc) is 2.94. The van der Waals surface area contributed by atoms with E-state index in [0.29, 0.717) is 0 Å². The fourth-order valence-electron chi connectivity index (χ4n) is 3.53. The first-order chi connectivity index (χ1) is 12.7. The Balaban J connectivity index is 2.02. The van der Waals surface area contributed by atoms with Gasteiger partial charge in [0.15, 0.2) is 0 Å². The predicted molar refractivity (Wildman–Crippen MR) is 111 cm³/mol. The van der Waals surface area contributed by atoms with Crippen LogP contribution in [-0.4, -0.2) is 14.2 Å². The number of rotatable bonds is 3. The van der Waals surface area contributed by atoms with Gasteiger partial charge in [-0.2, -0.15) is 0 Å². The van der Waals surface area contributed by atoms with Gasteiger partial charge in [0.1, 0.15) is 0 Å². The summed E-state index contributed by atoms with van der Waals surface area (Å²) in [4.78, 5) is 13.6. The van der Waals surface area contributed by atoms with Crippen LogP contribution in [0, 0.1) is 0 Å². The Labute approximate surface area is 161 Å². The van der Waals surface area contributed by atoms with Gasteiger partial charge in [-0.05, 0) is 5.56 Å². The summed E-state index contributed by atoms with van der Waals surface area (Å²) in [6, 6.07) is 19.9. The lowest BCUT2D eigenvalue weighted by Gasteiger charge is -2.22. The molecule has 0 saturated carbocycles. The van der Waals surface area contributed by atoms with Crippen molar-refractivity contribution in [2.75, 3.05) is 0 Å². The molecule has 2 unspecified atom stereocenters. The molecule has 130 valence electrons. The minimum atomic E-state index is -0.0718. The van der Waals surface area contributed by atoms with Crippen molar-refractivity contribution in [2.24, 2.45) is 7.05 Å². The fraction of sp³-hybridized carbons (Fsp3) is 0.136. The van der Waals surface area contributed by atoms with E-state index < -0.39 is 0 Å². The van der Waals surface area contributed by atoms with E-state index in [4.69, 9.17) is 0 Å². The van der Waals surface area contributed by atoms with Gasteiger partial charge in [-0.3, -0.25) is 9.48 Å². The van der Waals surface area contributed by atoms with E-state index in [9.17, 15) is 4.79 Å². The quantitative estimate of drug-likeness (QED) is 0.565. The molecule has 0 fully saturated rings. The molecule has 4 rings (SSSR count). The van der Waals surface area contributed by atoms with E-state index in [0.717, 1.165) is 22.4 Å². The summed E-state index contributed by atoms with van der Waals surface area (Å²) >= 11 is 3.69. The zero-order chi connectivity index (χ0) is 18.1. The van der Waals surface area contributed by atoms with Crippen LogP contribution in [0.25, 0.3) is 22.4 Å². The van der Waals surface area contributed by atoms with Crippen LogP contribution in [0.3, 0.4) is 0 Å². The second-order valence-electron chi connectivity index (χ2n) is 6.33. The second kappa shape index (κ2) is 6.96. The molecule has 3 aromatic rings. The number of hydrogen-bond donors (Lipinski definition) is 0. The molecule has 0 bridgehead atoms. The molecule has 0 N–H and O–H groups in total. The summed E-state index contributed by atoms with van der Waals surface area (Å²) < 4.78 is 3.83. The normalized spacial score (nSPS) is 19.0. The van der Waals surface area contributed by atoms with Gasteiger partial charge in [-0.15, -0.1) is 0 Å². The Morgan fingerprint density at radius 1 is 0.846 bits per heavy atom. The molecular formula is C22H19BrN2O. The first-order valence-electron chi connectivity index (χ1n) is 8.60. The van der Waals surface area contributed by atoms with Gasteiger partial charge in [0.2, 0.25) is 0 Å². The van der Waals surface area contributed by atoms with E-state index >= 15 is 0 Å². The minimum Gasteiger partial charge on any atom is -0.284 e. The van der Waals surface area contributed by atoms with Crippen molar-refractivity contribution in [3.63, 3.8) is 0 Å². The maximum atomic E-state index is 13.5. The Bertz CT molecular complexity index is 1030.